The second kappa shape index (κ2) is 6.08. The smallest absolute Gasteiger partial charge is 0.188 e. The largest absolute Gasteiger partial charge is 0.223 e. The van der Waals surface area contributed by atoms with Crippen LogP contribution in [0.2, 0.25) is 0 Å². The third kappa shape index (κ3) is 3.22. The van der Waals surface area contributed by atoms with Gasteiger partial charge in [-0.25, -0.2) is 8.42 Å². The van der Waals surface area contributed by atoms with Crippen molar-refractivity contribution in [2.45, 2.75) is 28.4 Å². The molecule has 0 aliphatic rings. The van der Waals surface area contributed by atoms with Crippen LogP contribution in [-0.2, 0) is 9.84 Å². The Bertz CT molecular complexity index is 718. The molecule has 2 nitrogen and oxygen atoms in total. The first-order valence-electron chi connectivity index (χ1n) is 6.57. The Balaban J connectivity index is 2.31. The van der Waals surface area contributed by atoms with Crippen molar-refractivity contribution in [3.05, 3.63) is 72.1 Å². The van der Waals surface area contributed by atoms with Gasteiger partial charge in [0.2, 0.25) is 0 Å². The molecule has 0 amide bonds. The van der Waals surface area contributed by atoms with Crippen molar-refractivity contribution in [1.29, 1.82) is 0 Å². The minimum atomic E-state index is -3.48. The second-order valence-corrected chi connectivity index (χ2v) is 8.83. The molecule has 110 valence electrons. The van der Waals surface area contributed by atoms with Crippen LogP contribution in [0.4, 0.5) is 0 Å². The van der Waals surface area contributed by atoms with Crippen molar-refractivity contribution in [3.63, 3.8) is 0 Å². The lowest BCUT2D eigenvalue weighted by Gasteiger charge is -2.27. The van der Waals surface area contributed by atoms with Gasteiger partial charge in [0.1, 0.15) is 4.75 Å². The van der Waals surface area contributed by atoms with Crippen LogP contribution in [-0.4, -0.2) is 13.2 Å². The summed E-state index contributed by atoms with van der Waals surface area (Å²) in [6.07, 6.45) is 0. The van der Waals surface area contributed by atoms with Crippen LogP contribution in [0.25, 0.3) is 0 Å². The third-order valence-corrected chi connectivity index (χ3v) is 7.26. The zero-order valence-corrected chi connectivity index (χ0v) is 13.7. The average molecular weight is 318 g/mol. The molecular weight excluding hydrogens is 300 g/mol. The molecule has 0 aliphatic heterocycles. The molecule has 0 saturated carbocycles. The van der Waals surface area contributed by atoms with Crippen LogP contribution in [0, 0.1) is 0 Å². The molecule has 21 heavy (non-hydrogen) atoms. The molecule has 0 bridgehead atoms. The van der Waals surface area contributed by atoms with Gasteiger partial charge in [-0.15, -0.1) is 0 Å². The summed E-state index contributed by atoms with van der Waals surface area (Å²) in [5.74, 6) is 0. The quantitative estimate of drug-likeness (QED) is 0.759. The van der Waals surface area contributed by atoms with E-state index in [1.54, 1.807) is 44.2 Å². The van der Waals surface area contributed by atoms with E-state index in [0.717, 1.165) is 4.90 Å². The van der Waals surface area contributed by atoms with Crippen LogP contribution in [0.1, 0.15) is 13.8 Å². The highest BCUT2D eigenvalue weighted by Crippen LogP contribution is 2.39. The van der Waals surface area contributed by atoms with Crippen molar-refractivity contribution >= 4 is 21.6 Å². The number of benzene rings is 2. The number of hydrogen-bond acceptors (Lipinski definition) is 3. The Morgan fingerprint density at radius 2 is 1.43 bits per heavy atom. The minimum Gasteiger partial charge on any atom is -0.223 e. The molecule has 4 heteroatoms. The van der Waals surface area contributed by atoms with Crippen LogP contribution in [0.15, 0.2) is 81.9 Å². The van der Waals surface area contributed by atoms with Gasteiger partial charge in [-0.05, 0) is 38.1 Å². The first-order valence-corrected chi connectivity index (χ1v) is 8.87. The van der Waals surface area contributed by atoms with Gasteiger partial charge in [0, 0.05) is 9.80 Å². The second-order valence-electron chi connectivity index (χ2n) is 5.17. The van der Waals surface area contributed by atoms with E-state index in [9.17, 15) is 8.42 Å². The Morgan fingerprint density at radius 1 is 0.952 bits per heavy atom. The Labute approximate surface area is 130 Å². The molecule has 0 aromatic heterocycles. The first kappa shape index (κ1) is 15.9. The fourth-order valence-corrected chi connectivity index (χ4v) is 4.48. The molecule has 0 unspecified atom stereocenters. The van der Waals surface area contributed by atoms with Crippen LogP contribution >= 0.6 is 11.8 Å². The Morgan fingerprint density at radius 3 is 1.95 bits per heavy atom. The summed E-state index contributed by atoms with van der Waals surface area (Å²) in [4.78, 5) is 1.92. The lowest BCUT2D eigenvalue weighted by molar-refractivity contribution is 0.571. The van der Waals surface area contributed by atoms with Gasteiger partial charge < -0.3 is 0 Å². The van der Waals surface area contributed by atoms with Gasteiger partial charge in [0.15, 0.2) is 9.84 Å². The first-order chi connectivity index (χ1) is 9.85. The van der Waals surface area contributed by atoms with Gasteiger partial charge in [-0.1, -0.05) is 54.7 Å². The molecule has 0 atom stereocenters. The van der Waals surface area contributed by atoms with Crippen LogP contribution in [0.5, 0.6) is 0 Å². The van der Waals surface area contributed by atoms with E-state index in [0.29, 0.717) is 9.80 Å². The molecule has 0 radical (unpaired) electrons. The van der Waals surface area contributed by atoms with E-state index in [1.165, 1.54) is 11.8 Å². The van der Waals surface area contributed by atoms with E-state index in [2.05, 4.69) is 6.58 Å². The Hall–Kier alpha value is -1.52. The molecule has 0 saturated heterocycles. The summed E-state index contributed by atoms with van der Waals surface area (Å²) in [6.45, 7) is 7.40. The van der Waals surface area contributed by atoms with Crippen molar-refractivity contribution in [1.82, 2.24) is 0 Å². The summed E-state index contributed by atoms with van der Waals surface area (Å²) in [5, 5.41) is 0. The van der Waals surface area contributed by atoms with Gasteiger partial charge in [0.25, 0.3) is 0 Å². The predicted octanol–water partition coefficient (Wildman–Crippen LogP) is 4.54. The fraction of sp³-hybridized carbons (Fsp3) is 0.176. The highest BCUT2D eigenvalue weighted by Gasteiger charge is 2.38. The van der Waals surface area contributed by atoms with E-state index >= 15 is 0 Å². The highest BCUT2D eigenvalue weighted by atomic mass is 32.2. The number of thioether (sulfide) groups is 1. The van der Waals surface area contributed by atoms with E-state index < -0.39 is 14.6 Å². The molecular formula is C17H18O2S2. The van der Waals surface area contributed by atoms with Crippen molar-refractivity contribution in [2.75, 3.05) is 0 Å². The maximum absolute atomic E-state index is 12.8. The summed E-state index contributed by atoms with van der Waals surface area (Å²) in [5.41, 5.74) is 0. The summed E-state index contributed by atoms with van der Waals surface area (Å²) >= 11 is 1.40. The Kier molecular flexibility index (Phi) is 4.59. The molecule has 0 aliphatic carbocycles. The normalized spacial score (nSPS) is 12.1. The zero-order chi connectivity index (χ0) is 15.5. The number of hydrogen-bond donors (Lipinski definition) is 0. The van der Waals surface area contributed by atoms with Crippen molar-refractivity contribution < 1.29 is 8.42 Å². The van der Waals surface area contributed by atoms with E-state index in [-0.39, 0.29) is 0 Å². The van der Waals surface area contributed by atoms with Gasteiger partial charge >= 0.3 is 0 Å². The number of sulfone groups is 1. The molecule has 2 rings (SSSR count). The molecule has 0 N–H and O–H groups in total. The molecule has 0 fully saturated rings. The van der Waals surface area contributed by atoms with Crippen LogP contribution in [0.3, 0.4) is 0 Å². The van der Waals surface area contributed by atoms with Crippen molar-refractivity contribution in [3.8, 4) is 0 Å². The maximum Gasteiger partial charge on any atom is 0.188 e. The summed E-state index contributed by atoms with van der Waals surface area (Å²) < 4.78 is 24.6. The highest BCUT2D eigenvalue weighted by molar-refractivity contribution is 8.04. The molecule has 2 aromatic rings. The molecule has 2 aromatic carbocycles. The summed E-state index contributed by atoms with van der Waals surface area (Å²) in [7, 11) is -3.48. The fourth-order valence-electron chi connectivity index (χ4n) is 1.80. The predicted molar refractivity (Wildman–Crippen MR) is 89.1 cm³/mol. The third-order valence-electron chi connectivity index (χ3n) is 3.38. The monoisotopic (exact) mass is 318 g/mol. The standard InChI is InChI=1S/C17H18O2S2/c1-14(20-15-10-6-4-7-11-15)17(2,3)21(18,19)16-12-8-5-9-13-16/h4-13H,1H2,2-3H3. The molecule has 0 heterocycles. The lowest BCUT2D eigenvalue weighted by Crippen LogP contribution is -2.32. The van der Waals surface area contributed by atoms with Gasteiger partial charge in [0.05, 0.1) is 4.90 Å². The zero-order valence-electron chi connectivity index (χ0n) is 12.1. The van der Waals surface area contributed by atoms with Gasteiger partial charge in [-0.2, -0.15) is 0 Å². The number of rotatable bonds is 5. The average Bonchev–Trinajstić information content (AvgIpc) is 2.49. The van der Waals surface area contributed by atoms with E-state index in [1.807, 2.05) is 30.3 Å². The topological polar surface area (TPSA) is 34.1 Å². The summed E-state index contributed by atoms with van der Waals surface area (Å²) in [6, 6.07) is 18.2. The van der Waals surface area contributed by atoms with Crippen LogP contribution < -0.4 is 0 Å². The lowest BCUT2D eigenvalue weighted by atomic mass is 10.2. The maximum atomic E-state index is 12.8. The van der Waals surface area contributed by atoms with Crippen molar-refractivity contribution in [2.24, 2.45) is 0 Å². The minimum absolute atomic E-state index is 0.324. The molecule has 0 spiro atoms. The van der Waals surface area contributed by atoms with E-state index in [4.69, 9.17) is 0 Å². The van der Waals surface area contributed by atoms with Gasteiger partial charge in [-0.3, -0.25) is 0 Å². The SMILES string of the molecule is C=C(Sc1ccccc1)C(C)(C)S(=O)(=O)c1ccccc1.